The lowest BCUT2D eigenvalue weighted by Gasteiger charge is -2.17. The van der Waals surface area contributed by atoms with Gasteiger partial charge in [0.1, 0.15) is 0 Å². The normalized spacial score (nSPS) is 14.5. The second-order valence-electron chi connectivity index (χ2n) is 5.13. The second kappa shape index (κ2) is 5.54. The molecule has 1 aliphatic rings. The molecule has 1 amide bonds. The Bertz CT molecular complexity index is 826. The molecule has 7 nitrogen and oxygen atoms in total. The molecule has 0 saturated carbocycles. The average Bonchev–Trinajstić information content (AvgIpc) is 2.90. The molecule has 0 aliphatic carbocycles. The van der Waals surface area contributed by atoms with Crippen molar-refractivity contribution in [1.82, 2.24) is 9.88 Å². The van der Waals surface area contributed by atoms with Crippen LogP contribution in [-0.4, -0.2) is 19.5 Å². The Morgan fingerprint density at radius 1 is 1.32 bits per heavy atom. The van der Waals surface area contributed by atoms with Crippen LogP contribution in [0.1, 0.15) is 23.4 Å². The Kier molecular flexibility index (Phi) is 3.71. The first-order chi connectivity index (χ1) is 10.4. The molecule has 8 heteroatoms. The van der Waals surface area contributed by atoms with Crippen LogP contribution in [-0.2, 0) is 27.8 Å². The maximum absolute atomic E-state index is 12.3. The molecule has 1 aromatic carbocycles. The van der Waals surface area contributed by atoms with Gasteiger partial charge in [-0.2, -0.15) is 0 Å². The molecule has 3 rings (SSSR count). The van der Waals surface area contributed by atoms with E-state index in [1.165, 1.54) is 6.07 Å². The van der Waals surface area contributed by atoms with Crippen molar-refractivity contribution in [1.29, 1.82) is 0 Å². The highest BCUT2D eigenvalue weighted by Gasteiger charge is 2.20. The molecule has 0 bridgehead atoms. The average molecular weight is 321 g/mol. The van der Waals surface area contributed by atoms with E-state index in [0.717, 1.165) is 5.56 Å². The standard InChI is InChI=1S/C14H15N3O4S/c1-9-6-11(21-17-9)8-15-22(19,20)12-3-4-13-10(7-12)2-5-14(18)16-13/h3-4,6-7,15H,2,5,8H2,1H3,(H,16,18). The number of nitrogens with zero attached hydrogens (tertiary/aromatic N) is 1. The SMILES string of the molecule is Cc1cc(CNS(=O)(=O)c2ccc3c(c2)CCC(=O)N3)on1. The summed E-state index contributed by atoms with van der Waals surface area (Å²) in [6.45, 7) is 1.80. The lowest BCUT2D eigenvalue weighted by molar-refractivity contribution is -0.116. The Morgan fingerprint density at radius 2 is 2.14 bits per heavy atom. The van der Waals surface area contributed by atoms with Gasteiger partial charge in [-0.1, -0.05) is 5.16 Å². The molecule has 1 aliphatic heterocycles. The predicted octanol–water partition coefficient (Wildman–Crippen LogP) is 1.35. The van der Waals surface area contributed by atoms with Crippen LogP contribution >= 0.6 is 0 Å². The summed E-state index contributed by atoms with van der Waals surface area (Å²) in [5.41, 5.74) is 2.18. The quantitative estimate of drug-likeness (QED) is 0.885. The van der Waals surface area contributed by atoms with E-state index in [1.54, 1.807) is 25.1 Å². The molecular formula is C14H15N3O4S. The molecule has 22 heavy (non-hydrogen) atoms. The summed E-state index contributed by atoms with van der Waals surface area (Å²) in [5.74, 6) is 0.396. The molecule has 1 aromatic heterocycles. The van der Waals surface area contributed by atoms with E-state index in [4.69, 9.17) is 4.52 Å². The van der Waals surface area contributed by atoms with Gasteiger partial charge < -0.3 is 9.84 Å². The highest BCUT2D eigenvalue weighted by atomic mass is 32.2. The van der Waals surface area contributed by atoms with Crippen LogP contribution in [0, 0.1) is 6.92 Å². The van der Waals surface area contributed by atoms with Crippen LogP contribution < -0.4 is 10.0 Å². The fraction of sp³-hybridized carbons (Fsp3) is 0.286. The van der Waals surface area contributed by atoms with Crippen LogP contribution in [0.3, 0.4) is 0 Å². The topological polar surface area (TPSA) is 101 Å². The monoisotopic (exact) mass is 321 g/mol. The summed E-state index contributed by atoms with van der Waals surface area (Å²) in [7, 11) is -3.65. The van der Waals surface area contributed by atoms with E-state index < -0.39 is 10.0 Å². The zero-order valence-corrected chi connectivity index (χ0v) is 12.7. The fourth-order valence-electron chi connectivity index (χ4n) is 2.28. The first kappa shape index (κ1) is 14.7. The number of carbonyl (C=O) groups excluding carboxylic acids is 1. The van der Waals surface area contributed by atoms with Crippen molar-refractivity contribution >= 4 is 21.6 Å². The van der Waals surface area contributed by atoms with Crippen LogP contribution in [0.15, 0.2) is 33.7 Å². The van der Waals surface area contributed by atoms with Crippen molar-refractivity contribution in [2.24, 2.45) is 0 Å². The summed E-state index contributed by atoms with van der Waals surface area (Å²) in [6, 6.07) is 6.34. The Morgan fingerprint density at radius 3 is 2.86 bits per heavy atom. The van der Waals surface area contributed by atoms with Crippen molar-refractivity contribution in [3.63, 3.8) is 0 Å². The molecule has 0 unspecified atom stereocenters. The van der Waals surface area contributed by atoms with Gasteiger partial charge >= 0.3 is 0 Å². The number of rotatable bonds is 4. The van der Waals surface area contributed by atoms with Crippen LogP contribution in [0.4, 0.5) is 5.69 Å². The highest BCUT2D eigenvalue weighted by Crippen LogP contribution is 2.25. The molecule has 0 radical (unpaired) electrons. The Balaban J connectivity index is 1.78. The smallest absolute Gasteiger partial charge is 0.240 e. The number of amides is 1. The van der Waals surface area contributed by atoms with Gasteiger partial charge in [0.05, 0.1) is 17.1 Å². The lowest BCUT2D eigenvalue weighted by Crippen LogP contribution is -2.24. The minimum absolute atomic E-state index is 0.0387. The summed E-state index contributed by atoms with van der Waals surface area (Å²) in [5, 5.41) is 6.43. The highest BCUT2D eigenvalue weighted by molar-refractivity contribution is 7.89. The Hall–Kier alpha value is -2.19. The molecule has 0 fully saturated rings. The van der Waals surface area contributed by atoms with Crippen molar-refractivity contribution in [3.8, 4) is 0 Å². The van der Waals surface area contributed by atoms with Crippen molar-refractivity contribution in [2.45, 2.75) is 31.2 Å². The predicted molar refractivity (Wildman–Crippen MR) is 78.7 cm³/mol. The molecule has 116 valence electrons. The van der Waals surface area contributed by atoms with E-state index in [-0.39, 0.29) is 17.3 Å². The van der Waals surface area contributed by atoms with E-state index >= 15 is 0 Å². The van der Waals surface area contributed by atoms with Gasteiger partial charge in [-0.3, -0.25) is 4.79 Å². The molecule has 0 spiro atoms. The van der Waals surface area contributed by atoms with Gasteiger partial charge in [0.15, 0.2) is 5.76 Å². The zero-order chi connectivity index (χ0) is 15.7. The first-order valence-electron chi connectivity index (χ1n) is 6.79. The maximum atomic E-state index is 12.3. The number of fused-ring (bicyclic) bond motifs is 1. The lowest BCUT2D eigenvalue weighted by atomic mass is 10.0. The first-order valence-corrected chi connectivity index (χ1v) is 8.27. The summed E-state index contributed by atoms with van der Waals surface area (Å²) in [4.78, 5) is 11.5. The van der Waals surface area contributed by atoms with E-state index in [2.05, 4.69) is 15.2 Å². The van der Waals surface area contributed by atoms with Gasteiger partial charge in [-0.25, -0.2) is 13.1 Å². The molecular weight excluding hydrogens is 306 g/mol. The number of sulfonamides is 1. The summed E-state index contributed by atoms with van der Waals surface area (Å²) < 4.78 is 32.0. The molecule has 0 saturated heterocycles. The molecule has 2 N–H and O–H groups in total. The fourth-order valence-corrected chi connectivity index (χ4v) is 3.32. The van der Waals surface area contributed by atoms with E-state index in [1.807, 2.05) is 0 Å². The summed E-state index contributed by atoms with van der Waals surface area (Å²) in [6.07, 6.45) is 0.896. The zero-order valence-electron chi connectivity index (χ0n) is 11.9. The van der Waals surface area contributed by atoms with Gasteiger partial charge in [-0.15, -0.1) is 0 Å². The third kappa shape index (κ3) is 3.02. The number of aromatic nitrogens is 1. The van der Waals surface area contributed by atoms with Crippen LogP contribution in [0.2, 0.25) is 0 Å². The van der Waals surface area contributed by atoms with E-state index in [9.17, 15) is 13.2 Å². The van der Waals surface area contributed by atoms with Crippen molar-refractivity contribution in [2.75, 3.05) is 5.32 Å². The van der Waals surface area contributed by atoms with Gasteiger partial charge in [-0.05, 0) is 37.1 Å². The third-order valence-corrected chi connectivity index (χ3v) is 4.79. The number of anilines is 1. The van der Waals surface area contributed by atoms with Crippen molar-refractivity contribution < 1.29 is 17.7 Å². The number of nitrogens with one attached hydrogen (secondary N) is 2. The minimum Gasteiger partial charge on any atom is -0.360 e. The molecule has 2 aromatic rings. The number of aryl methyl sites for hydroxylation is 2. The number of hydrogen-bond donors (Lipinski definition) is 2. The minimum atomic E-state index is -3.65. The van der Waals surface area contributed by atoms with Gasteiger partial charge in [0.25, 0.3) is 0 Å². The Labute approximate surface area is 127 Å². The summed E-state index contributed by atoms with van der Waals surface area (Å²) >= 11 is 0. The van der Waals surface area contributed by atoms with E-state index in [0.29, 0.717) is 30.0 Å². The molecule has 0 atom stereocenters. The second-order valence-corrected chi connectivity index (χ2v) is 6.89. The van der Waals surface area contributed by atoms with Gasteiger partial charge in [0, 0.05) is 18.2 Å². The number of benzene rings is 1. The number of carbonyl (C=O) groups is 1. The largest absolute Gasteiger partial charge is 0.360 e. The third-order valence-electron chi connectivity index (χ3n) is 3.40. The van der Waals surface area contributed by atoms with Crippen molar-refractivity contribution in [3.05, 3.63) is 41.3 Å². The number of hydrogen-bond acceptors (Lipinski definition) is 5. The molecule has 2 heterocycles. The van der Waals surface area contributed by atoms with Crippen LogP contribution in [0.25, 0.3) is 0 Å². The maximum Gasteiger partial charge on any atom is 0.240 e. The van der Waals surface area contributed by atoms with Gasteiger partial charge in [0.2, 0.25) is 15.9 Å². The van der Waals surface area contributed by atoms with Crippen LogP contribution in [0.5, 0.6) is 0 Å².